The molecule has 0 radical (unpaired) electrons. The predicted molar refractivity (Wildman–Crippen MR) is 86.2 cm³/mol. The van der Waals surface area contributed by atoms with Gasteiger partial charge in [-0.25, -0.2) is 4.79 Å². The molecule has 0 N–H and O–H groups in total. The molecule has 0 aliphatic carbocycles. The van der Waals surface area contributed by atoms with E-state index in [1.165, 1.54) is 11.3 Å². The molecule has 8 nitrogen and oxygen atoms in total. The molecule has 3 rings (SSSR count). The zero-order chi connectivity index (χ0) is 18.1. The Labute approximate surface area is 148 Å². The Balaban J connectivity index is 1.93. The first-order chi connectivity index (χ1) is 12.0. The first-order valence-corrected chi connectivity index (χ1v) is 9.00. The molecule has 2 saturated heterocycles. The molecule has 2 aliphatic heterocycles. The van der Waals surface area contributed by atoms with E-state index in [0.717, 1.165) is 14.7 Å². The van der Waals surface area contributed by atoms with Gasteiger partial charge >= 0.3 is 6.03 Å². The number of carboxylic acid groups (broad SMARTS) is 1. The Morgan fingerprint density at radius 1 is 1.36 bits per heavy atom. The van der Waals surface area contributed by atoms with Gasteiger partial charge < -0.3 is 19.7 Å². The quantitative estimate of drug-likeness (QED) is 0.679. The van der Waals surface area contributed by atoms with Crippen LogP contribution in [-0.4, -0.2) is 63.7 Å². The maximum absolute atomic E-state index is 12.8. The molecule has 25 heavy (non-hydrogen) atoms. The second-order valence-corrected chi connectivity index (χ2v) is 7.10. The van der Waals surface area contributed by atoms with Gasteiger partial charge in [-0.2, -0.15) is 0 Å². The molecule has 0 bridgehead atoms. The number of urea groups is 1. The highest BCUT2D eigenvalue weighted by molar-refractivity contribution is 7.09. The van der Waals surface area contributed by atoms with E-state index in [9.17, 15) is 24.3 Å². The third kappa shape index (κ3) is 2.99. The minimum absolute atomic E-state index is 0.113. The Kier molecular flexibility index (Phi) is 4.76. The summed E-state index contributed by atoms with van der Waals surface area (Å²) in [6.07, 6.45) is 0.947. The molecule has 0 spiro atoms. The number of aliphatic carboxylic acids is 1. The van der Waals surface area contributed by atoms with Gasteiger partial charge in [-0.1, -0.05) is 13.0 Å². The largest absolute Gasteiger partial charge is 0.540 e. The van der Waals surface area contributed by atoms with Gasteiger partial charge in [-0.05, 0) is 24.3 Å². The predicted octanol–water partition coefficient (Wildman–Crippen LogP) is -0.358. The number of nitrogens with zero attached hydrogens (tertiary/aromatic N) is 3. The third-order valence-corrected chi connectivity index (χ3v) is 5.41. The summed E-state index contributed by atoms with van der Waals surface area (Å²) in [5.41, 5.74) is 0. The lowest BCUT2D eigenvalue weighted by atomic mass is 10.0. The smallest absolute Gasteiger partial charge is 0.327 e. The van der Waals surface area contributed by atoms with Crippen molar-refractivity contribution >= 4 is 35.2 Å². The standard InChI is InChI=1S/C16H19N3O5S/c1-2-6-18-13(20)12-11(5-7-17(12)14(21)15(22)23)19(16(18)24)9-10-4-3-8-25-10/h3-4,8,11-12H,2,5-7,9H2,1H3,(H,22,23)/p-1/t11-,12+/m1/s1. The maximum atomic E-state index is 12.8. The van der Waals surface area contributed by atoms with Crippen molar-refractivity contribution in [2.75, 3.05) is 13.1 Å². The van der Waals surface area contributed by atoms with Gasteiger partial charge in [0.15, 0.2) is 0 Å². The van der Waals surface area contributed by atoms with Crippen LogP contribution in [0.3, 0.4) is 0 Å². The summed E-state index contributed by atoms with van der Waals surface area (Å²) >= 11 is 1.50. The number of fused-ring (bicyclic) bond motifs is 1. The van der Waals surface area contributed by atoms with Crippen molar-refractivity contribution in [3.8, 4) is 0 Å². The molecule has 2 aliphatic rings. The minimum Gasteiger partial charge on any atom is -0.540 e. The first kappa shape index (κ1) is 17.4. The Bertz CT molecular complexity index is 705. The molecule has 134 valence electrons. The van der Waals surface area contributed by atoms with Crippen molar-refractivity contribution in [3.05, 3.63) is 22.4 Å². The number of carboxylic acids is 1. The summed E-state index contributed by atoms with van der Waals surface area (Å²) in [5, 5.41) is 12.9. The van der Waals surface area contributed by atoms with Crippen molar-refractivity contribution in [1.82, 2.24) is 14.7 Å². The van der Waals surface area contributed by atoms with Crippen LogP contribution in [0.4, 0.5) is 4.79 Å². The molecule has 0 saturated carbocycles. The van der Waals surface area contributed by atoms with Crippen molar-refractivity contribution in [1.29, 1.82) is 0 Å². The molecule has 4 amide bonds. The number of amides is 4. The fraction of sp³-hybridized carbons (Fsp3) is 0.500. The molecule has 1 aromatic rings. The van der Waals surface area contributed by atoms with Gasteiger partial charge in [0.1, 0.15) is 12.0 Å². The molecular formula is C16H18N3O5S-. The van der Waals surface area contributed by atoms with E-state index >= 15 is 0 Å². The van der Waals surface area contributed by atoms with Gasteiger partial charge in [0.05, 0.1) is 12.6 Å². The Hall–Kier alpha value is -2.42. The summed E-state index contributed by atoms with van der Waals surface area (Å²) in [4.78, 5) is 53.1. The van der Waals surface area contributed by atoms with Crippen LogP contribution in [0, 0.1) is 0 Å². The average molecular weight is 364 g/mol. The van der Waals surface area contributed by atoms with Gasteiger partial charge in [0.25, 0.3) is 11.8 Å². The molecule has 2 atom stereocenters. The van der Waals surface area contributed by atoms with E-state index in [1.807, 2.05) is 24.4 Å². The number of carbonyl (C=O) groups is 4. The normalized spacial score (nSPS) is 23.2. The fourth-order valence-electron chi connectivity index (χ4n) is 3.48. The van der Waals surface area contributed by atoms with Crippen LogP contribution >= 0.6 is 11.3 Å². The van der Waals surface area contributed by atoms with Crippen LogP contribution in [0.5, 0.6) is 0 Å². The van der Waals surface area contributed by atoms with E-state index in [1.54, 1.807) is 4.90 Å². The Morgan fingerprint density at radius 3 is 2.72 bits per heavy atom. The van der Waals surface area contributed by atoms with Gasteiger partial charge in [-0.15, -0.1) is 11.3 Å². The lowest BCUT2D eigenvalue weighted by molar-refractivity contribution is -0.301. The van der Waals surface area contributed by atoms with Crippen LogP contribution in [-0.2, 0) is 20.9 Å². The third-order valence-electron chi connectivity index (χ3n) is 4.55. The summed E-state index contributed by atoms with van der Waals surface area (Å²) in [5.74, 6) is -3.55. The number of likely N-dealkylation sites (tertiary alicyclic amines) is 1. The van der Waals surface area contributed by atoms with Crippen LogP contribution in [0.2, 0.25) is 0 Å². The van der Waals surface area contributed by atoms with E-state index in [-0.39, 0.29) is 19.1 Å². The zero-order valence-corrected chi connectivity index (χ0v) is 14.5. The van der Waals surface area contributed by atoms with Crippen LogP contribution < -0.4 is 5.11 Å². The first-order valence-electron chi connectivity index (χ1n) is 8.12. The monoisotopic (exact) mass is 364 g/mol. The van der Waals surface area contributed by atoms with Crippen LogP contribution in [0.15, 0.2) is 17.5 Å². The van der Waals surface area contributed by atoms with Crippen molar-refractivity contribution in [2.45, 2.75) is 38.4 Å². The molecule has 0 aromatic carbocycles. The SMILES string of the molecule is CCCN1C(=O)[C@@H]2[C@@H](CCN2C(=O)C(=O)[O-])N(Cc2cccs2)C1=O. The number of hydrogen-bond donors (Lipinski definition) is 0. The molecular weight excluding hydrogens is 346 g/mol. The zero-order valence-electron chi connectivity index (χ0n) is 13.7. The molecule has 9 heteroatoms. The van der Waals surface area contributed by atoms with E-state index in [4.69, 9.17) is 0 Å². The lowest BCUT2D eigenvalue weighted by Crippen LogP contribution is -2.66. The number of rotatable bonds is 4. The van der Waals surface area contributed by atoms with Crippen LogP contribution in [0.25, 0.3) is 0 Å². The summed E-state index contributed by atoms with van der Waals surface area (Å²) in [6, 6.07) is 1.91. The summed E-state index contributed by atoms with van der Waals surface area (Å²) in [6.45, 7) is 2.52. The molecule has 3 heterocycles. The molecule has 2 fully saturated rings. The fourth-order valence-corrected chi connectivity index (χ4v) is 4.18. The number of hydrogen-bond acceptors (Lipinski definition) is 6. The van der Waals surface area contributed by atoms with E-state index in [0.29, 0.717) is 19.4 Å². The minimum atomic E-state index is -1.84. The summed E-state index contributed by atoms with van der Waals surface area (Å²) < 4.78 is 0. The van der Waals surface area contributed by atoms with Crippen LogP contribution in [0.1, 0.15) is 24.6 Å². The highest BCUT2D eigenvalue weighted by Gasteiger charge is 2.53. The number of thiophene rings is 1. The van der Waals surface area contributed by atoms with Crippen molar-refractivity contribution in [3.63, 3.8) is 0 Å². The highest BCUT2D eigenvalue weighted by atomic mass is 32.1. The lowest BCUT2D eigenvalue weighted by Gasteiger charge is -2.43. The second kappa shape index (κ2) is 6.83. The van der Waals surface area contributed by atoms with E-state index in [2.05, 4.69) is 0 Å². The van der Waals surface area contributed by atoms with E-state index < -0.39 is 29.9 Å². The van der Waals surface area contributed by atoms with Gasteiger partial charge in [0, 0.05) is 18.0 Å². The Morgan fingerprint density at radius 2 is 2.12 bits per heavy atom. The highest BCUT2D eigenvalue weighted by Crippen LogP contribution is 2.32. The summed E-state index contributed by atoms with van der Waals surface area (Å²) in [7, 11) is 0. The van der Waals surface area contributed by atoms with Crippen molar-refractivity contribution < 1.29 is 24.3 Å². The molecule has 1 aromatic heterocycles. The van der Waals surface area contributed by atoms with Gasteiger partial charge in [-0.3, -0.25) is 14.5 Å². The van der Waals surface area contributed by atoms with Crippen molar-refractivity contribution in [2.24, 2.45) is 0 Å². The number of carbonyl (C=O) groups excluding carboxylic acids is 4. The maximum Gasteiger partial charge on any atom is 0.327 e. The molecule has 0 unspecified atom stereocenters. The average Bonchev–Trinajstić information content (AvgIpc) is 3.24. The van der Waals surface area contributed by atoms with Gasteiger partial charge in [0.2, 0.25) is 0 Å². The number of imide groups is 1. The topological polar surface area (TPSA) is 101 Å². The second-order valence-electron chi connectivity index (χ2n) is 6.07.